The first-order valence-electron chi connectivity index (χ1n) is 10.4. The summed E-state index contributed by atoms with van der Waals surface area (Å²) in [5.41, 5.74) is 2.38. The normalized spacial score (nSPS) is 11.9. The number of nitrogens with one attached hydrogen (secondary N) is 2. The molecule has 3 N–H and O–H groups in total. The van der Waals surface area contributed by atoms with Gasteiger partial charge < -0.3 is 20.3 Å². The minimum absolute atomic E-state index is 0.148. The first-order chi connectivity index (χ1) is 15.8. The van der Waals surface area contributed by atoms with Gasteiger partial charge in [0.1, 0.15) is 6.04 Å². The molecular weight excluding hydrogens is 553 g/mol. The van der Waals surface area contributed by atoms with Gasteiger partial charge in [0.25, 0.3) is 5.91 Å². The number of halogens is 1. The largest absolute Gasteiger partial charge is 0.394 e. The Hall–Kier alpha value is -2.44. The molecular formula is C23H26IN5O3S. The molecule has 0 aliphatic carbocycles. The molecule has 0 spiro atoms. The molecule has 0 fully saturated rings. The van der Waals surface area contributed by atoms with E-state index in [1.807, 2.05) is 18.2 Å². The highest BCUT2D eigenvalue weighted by atomic mass is 127. The lowest BCUT2D eigenvalue weighted by Gasteiger charge is -2.16. The maximum atomic E-state index is 12.6. The molecule has 0 aliphatic heterocycles. The Morgan fingerprint density at radius 2 is 1.88 bits per heavy atom. The number of hydrogen-bond donors (Lipinski definition) is 3. The summed E-state index contributed by atoms with van der Waals surface area (Å²) in [4.78, 5) is 25.0. The Kier molecular flexibility index (Phi) is 8.87. The van der Waals surface area contributed by atoms with Crippen LogP contribution in [0.15, 0.2) is 53.7 Å². The van der Waals surface area contributed by atoms with E-state index in [-0.39, 0.29) is 30.1 Å². The summed E-state index contributed by atoms with van der Waals surface area (Å²) < 4.78 is 2.79. The van der Waals surface area contributed by atoms with Crippen LogP contribution in [0.4, 0.5) is 5.69 Å². The van der Waals surface area contributed by atoms with E-state index in [9.17, 15) is 14.7 Å². The number of thioether (sulfide) groups is 1. The maximum absolute atomic E-state index is 12.6. The van der Waals surface area contributed by atoms with Crippen LogP contribution in [0.5, 0.6) is 0 Å². The summed E-state index contributed by atoms with van der Waals surface area (Å²) in [6.07, 6.45) is 0. The summed E-state index contributed by atoms with van der Waals surface area (Å²) >= 11 is 3.50. The first kappa shape index (κ1) is 25.2. The molecule has 3 rings (SSSR count). The Morgan fingerprint density at radius 1 is 1.15 bits per heavy atom. The molecule has 0 bridgehead atoms. The number of aliphatic hydroxyl groups excluding tert-OH is 1. The molecule has 0 saturated heterocycles. The molecule has 8 nitrogen and oxygen atoms in total. The lowest BCUT2D eigenvalue weighted by molar-refractivity contribution is -0.113. The molecule has 2 amide bonds. The van der Waals surface area contributed by atoms with Gasteiger partial charge in [-0.05, 0) is 64.4 Å². The fraction of sp³-hybridized carbons (Fsp3) is 0.304. The highest BCUT2D eigenvalue weighted by molar-refractivity contribution is 14.1. The average Bonchev–Trinajstić information content (AvgIpc) is 3.17. The van der Waals surface area contributed by atoms with Crippen molar-refractivity contribution in [3.63, 3.8) is 0 Å². The number of aliphatic hydroxyl groups is 1. The minimum Gasteiger partial charge on any atom is -0.394 e. The quantitative estimate of drug-likeness (QED) is 0.263. The van der Waals surface area contributed by atoms with E-state index in [0.29, 0.717) is 16.5 Å². The summed E-state index contributed by atoms with van der Waals surface area (Å²) in [6, 6.07) is 14.0. The van der Waals surface area contributed by atoms with Crippen LogP contribution in [0.25, 0.3) is 0 Å². The van der Waals surface area contributed by atoms with Crippen molar-refractivity contribution in [1.29, 1.82) is 0 Å². The molecule has 174 valence electrons. The second-order valence-corrected chi connectivity index (χ2v) is 9.89. The Bertz CT molecular complexity index is 1120. The number of rotatable bonds is 9. The van der Waals surface area contributed by atoms with Gasteiger partial charge in [-0.25, -0.2) is 0 Å². The zero-order valence-corrected chi connectivity index (χ0v) is 21.6. The van der Waals surface area contributed by atoms with Crippen LogP contribution in [-0.4, -0.2) is 44.0 Å². The van der Waals surface area contributed by atoms with E-state index in [1.54, 1.807) is 35.9 Å². The van der Waals surface area contributed by atoms with Gasteiger partial charge in [0.2, 0.25) is 5.91 Å². The maximum Gasteiger partial charge on any atom is 0.251 e. The van der Waals surface area contributed by atoms with Gasteiger partial charge in [0.15, 0.2) is 11.0 Å². The van der Waals surface area contributed by atoms with Crippen molar-refractivity contribution in [2.45, 2.75) is 31.0 Å². The van der Waals surface area contributed by atoms with Crippen LogP contribution in [0.1, 0.15) is 47.6 Å². The average molecular weight is 579 g/mol. The lowest BCUT2D eigenvalue weighted by Crippen LogP contribution is -2.32. The number of benzene rings is 2. The summed E-state index contributed by atoms with van der Waals surface area (Å²) in [5.74, 6) is 0.374. The van der Waals surface area contributed by atoms with Crippen molar-refractivity contribution < 1.29 is 14.7 Å². The van der Waals surface area contributed by atoms with E-state index in [2.05, 4.69) is 63.3 Å². The second kappa shape index (κ2) is 11.6. The van der Waals surface area contributed by atoms with Crippen molar-refractivity contribution in [3.05, 3.63) is 69.1 Å². The third-order valence-electron chi connectivity index (χ3n) is 4.95. The van der Waals surface area contributed by atoms with Gasteiger partial charge in [-0.2, -0.15) is 0 Å². The van der Waals surface area contributed by atoms with Gasteiger partial charge in [-0.15, -0.1) is 10.2 Å². The van der Waals surface area contributed by atoms with E-state index < -0.39 is 6.04 Å². The SMILES string of the molecule is CC(C)c1cc(I)ccc1NC(=O)CSc1nnc([C@H](CO)NC(=O)c2ccccc2)n1C. The minimum atomic E-state index is -0.723. The monoisotopic (exact) mass is 579 g/mol. The summed E-state index contributed by atoms with van der Waals surface area (Å²) in [5, 5.41) is 24.3. The van der Waals surface area contributed by atoms with Crippen molar-refractivity contribution in [1.82, 2.24) is 20.1 Å². The molecule has 0 saturated carbocycles. The zero-order chi connectivity index (χ0) is 24.0. The van der Waals surface area contributed by atoms with Crippen LogP contribution in [0, 0.1) is 3.57 Å². The van der Waals surface area contributed by atoms with Crippen LogP contribution in [0.3, 0.4) is 0 Å². The topological polar surface area (TPSA) is 109 Å². The number of hydrogen-bond acceptors (Lipinski definition) is 6. The van der Waals surface area contributed by atoms with Crippen LogP contribution >= 0.6 is 34.4 Å². The van der Waals surface area contributed by atoms with Crippen molar-refractivity contribution in [2.24, 2.45) is 7.05 Å². The molecule has 33 heavy (non-hydrogen) atoms. The van der Waals surface area contributed by atoms with Gasteiger partial charge in [-0.3, -0.25) is 9.59 Å². The molecule has 3 aromatic rings. The Labute approximate surface area is 210 Å². The van der Waals surface area contributed by atoms with Gasteiger partial charge in [-0.1, -0.05) is 43.8 Å². The Balaban J connectivity index is 1.63. The predicted molar refractivity (Wildman–Crippen MR) is 137 cm³/mol. The van der Waals surface area contributed by atoms with Gasteiger partial charge in [0, 0.05) is 21.9 Å². The second-order valence-electron chi connectivity index (χ2n) is 7.70. The van der Waals surface area contributed by atoms with Crippen LogP contribution in [0.2, 0.25) is 0 Å². The van der Waals surface area contributed by atoms with Crippen molar-refractivity contribution in [3.8, 4) is 0 Å². The van der Waals surface area contributed by atoms with E-state index in [1.165, 1.54) is 11.8 Å². The molecule has 10 heteroatoms. The van der Waals surface area contributed by atoms with Crippen molar-refractivity contribution >= 4 is 51.9 Å². The summed E-state index contributed by atoms with van der Waals surface area (Å²) in [7, 11) is 1.74. The van der Waals surface area contributed by atoms with Crippen molar-refractivity contribution in [2.75, 3.05) is 17.7 Å². The smallest absolute Gasteiger partial charge is 0.251 e. The lowest BCUT2D eigenvalue weighted by atomic mass is 10.0. The molecule has 1 atom stereocenters. The number of amides is 2. The standard InChI is InChI=1S/C23H26IN5O3S/c1-14(2)17-11-16(24)9-10-18(17)25-20(31)13-33-23-28-27-21(29(23)3)19(12-30)26-22(32)15-7-5-4-6-8-15/h4-11,14,19,30H,12-13H2,1-3H3,(H,25,31)(H,26,32)/t19-/m0/s1. The van der Waals surface area contributed by atoms with Gasteiger partial charge in [0.05, 0.1) is 12.4 Å². The highest BCUT2D eigenvalue weighted by Crippen LogP contribution is 2.27. The van der Waals surface area contributed by atoms with E-state index in [0.717, 1.165) is 14.8 Å². The fourth-order valence-electron chi connectivity index (χ4n) is 3.22. The molecule has 0 unspecified atom stereocenters. The third kappa shape index (κ3) is 6.55. The molecule has 0 radical (unpaired) electrons. The van der Waals surface area contributed by atoms with Crippen LogP contribution in [-0.2, 0) is 11.8 Å². The fourth-order valence-corrected chi connectivity index (χ4v) is 4.45. The molecule has 1 aromatic heterocycles. The molecule has 1 heterocycles. The highest BCUT2D eigenvalue weighted by Gasteiger charge is 2.22. The zero-order valence-electron chi connectivity index (χ0n) is 18.6. The van der Waals surface area contributed by atoms with Gasteiger partial charge >= 0.3 is 0 Å². The van der Waals surface area contributed by atoms with Crippen LogP contribution < -0.4 is 10.6 Å². The predicted octanol–water partition coefficient (Wildman–Crippen LogP) is 3.74. The number of carbonyl (C=O) groups is 2. The van der Waals surface area contributed by atoms with E-state index >= 15 is 0 Å². The first-order valence-corrected chi connectivity index (χ1v) is 12.4. The van der Waals surface area contributed by atoms with E-state index in [4.69, 9.17) is 0 Å². The number of carbonyl (C=O) groups excluding carboxylic acids is 2. The number of anilines is 1. The third-order valence-corrected chi connectivity index (χ3v) is 6.64. The molecule has 2 aromatic carbocycles. The number of nitrogens with zero attached hydrogens (tertiary/aromatic N) is 3. The molecule has 0 aliphatic rings. The summed E-state index contributed by atoms with van der Waals surface area (Å²) in [6.45, 7) is 3.84. The number of aromatic nitrogens is 3. The Morgan fingerprint density at radius 3 is 2.55 bits per heavy atom.